The second kappa shape index (κ2) is 3.99. The summed E-state index contributed by atoms with van der Waals surface area (Å²) in [5, 5.41) is 2.10. The van der Waals surface area contributed by atoms with E-state index in [2.05, 4.69) is 59.0 Å². The summed E-state index contributed by atoms with van der Waals surface area (Å²) in [7, 11) is 0. The Morgan fingerprint density at radius 2 is 1.75 bits per heavy atom. The molecule has 0 saturated heterocycles. The molecular formula is C14H11NS. The molecule has 0 aliphatic rings. The third kappa shape index (κ3) is 1.68. The maximum Gasteiger partial charge on any atom is 0.0561 e. The second-order valence-electron chi connectivity index (χ2n) is 3.65. The highest BCUT2D eigenvalue weighted by atomic mass is 32.1. The van der Waals surface area contributed by atoms with Crippen molar-refractivity contribution in [3.63, 3.8) is 0 Å². The Morgan fingerprint density at radius 3 is 2.50 bits per heavy atom. The van der Waals surface area contributed by atoms with Gasteiger partial charge in [-0.15, -0.1) is 11.3 Å². The van der Waals surface area contributed by atoms with Crippen molar-refractivity contribution in [1.29, 1.82) is 0 Å². The van der Waals surface area contributed by atoms with Crippen LogP contribution in [-0.4, -0.2) is 4.98 Å². The van der Waals surface area contributed by atoms with Gasteiger partial charge in [-0.2, -0.15) is 0 Å². The summed E-state index contributed by atoms with van der Waals surface area (Å²) in [5.41, 5.74) is 3.68. The summed E-state index contributed by atoms with van der Waals surface area (Å²) in [4.78, 5) is 4.60. The molecule has 2 heteroatoms. The molecule has 0 amide bonds. The quantitative estimate of drug-likeness (QED) is 0.665. The van der Waals surface area contributed by atoms with E-state index in [1.54, 1.807) is 11.3 Å². The van der Waals surface area contributed by atoms with Gasteiger partial charge in [0.05, 0.1) is 10.6 Å². The first-order valence-electron chi connectivity index (χ1n) is 5.21. The molecule has 0 aliphatic carbocycles. The molecule has 0 saturated carbocycles. The van der Waals surface area contributed by atoms with Crippen molar-refractivity contribution in [2.75, 3.05) is 0 Å². The second-order valence-corrected chi connectivity index (χ2v) is 4.59. The number of aromatic nitrogens is 1. The number of nitrogens with one attached hydrogen (secondary N) is 1. The highest BCUT2D eigenvalue weighted by molar-refractivity contribution is 7.13. The van der Waals surface area contributed by atoms with Crippen LogP contribution in [0.4, 0.5) is 0 Å². The first-order valence-corrected chi connectivity index (χ1v) is 6.09. The van der Waals surface area contributed by atoms with Crippen molar-refractivity contribution in [2.24, 2.45) is 0 Å². The third-order valence-electron chi connectivity index (χ3n) is 2.58. The lowest BCUT2D eigenvalue weighted by Crippen LogP contribution is -1.70. The minimum absolute atomic E-state index is 1.19. The highest BCUT2D eigenvalue weighted by Gasteiger charge is 2.03. The highest BCUT2D eigenvalue weighted by Crippen LogP contribution is 2.28. The molecular weight excluding hydrogens is 214 g/mol. The van der Waals surface area contributed by atoms with Gasteiger partial charge >= 0.3 is 0 Å². The predicted octanol–water partition coefficient (Wildman–Crippen LogP) is 4.41. The molecule has 3 aromatic rings. The third-order valence-corrected chi connectivity index (χ3v) is 3.48. The molecule has 0 bridgehead atoms. The lowest BCUT2D eigenvalue weighted by Gasteiger charge is -1.94. The molecule has 0 aliphatic heterocycles. The van der Waals surface area contributed by atoms with Gasteiger partial charge in [0.1, 0.15) is 0 Å². The fourth-order valence-corrected chi connectivity index (χ4v) is 2.47. The molecule has 0 fully saturated rings. The Labute approximate surface area is 98.4 Å². The van der Waals surface area contributed by atoms with E-state index in [0.29, 0.717) is 0 Å². The number of benzene rings is 1. The maximum absolute atomic E-state index is 3.32. The Hall–Kier alpha value is -1.80. The summed E-state index contributed by atoms with van der Waals surface area (Å²) < 4.78 is 0. The molecule has 0 radical (unpaired) electrons. The van der Waals surface area contributed by atoms with Crippen molar-refractivity contribution in [3.8, 4) is 21.7 Å². The Morgan fingerprint density at radius 1 is 0.875 bits per heavy atom. The zero-order valence-electron chi connectivity index (χ0n) is 8.68. The summed E-state index contributed by atoms with van der Waals surface area (Å²) in [5.74, 6) is 0. The van der Waals surface area contributed by atoms with Crippen molar-refractivity contribution < 1.29 is 0 Å². The van der Waals surface area contributed by atoms with Crippen molar-refractivity contribution in [1.82, 2.24) is 4.98 Å². The van der Waals surface area contributed by atoms with E-state index in [9.17, 15) is 0 Å². The zero-order valence-corrected chi connectivity index (χ0v) is 9.50. The standard InChI is InChI=1S/C14H11NS/c1-2-5-11(6-3-1)12-9-13(15-10-12)14-7-4-8-16-14/h1-10,15H. The normalized spacial score (nSPS) is 10.5. The SMILES string of the molecule is c1ccc(-c2c[nH]c(-c3cccs3)c2)cc1. The molecule has 2 aromatic heterocycles. The number of rotatable bonds is 2. The molecule has 16 heavy (non-hydrogen) atoms. The van der Waals surface area contributed by atoms with E-state index >= 15 is 0 Å². The molecule has 78 valence electrons. The minimum Gasteiger partial charge on any atom is -0.360 e. The van der Waals surface area contributed by atoms with Gasteiger partial charge in [-0.3, -0.25) is 0 Å². The van der Waals surface area contributed by atoms with Gasteiger partial charge in [0.15, 0.2) is 0 Å². The topological polar surface area (TPSA) is 15.8 Å². The molecule has 0 unspecified atom stereocenters. The van der Waals surface area contributed by atoms with Crippen LogP contribution in [0.3, 0.4) is 0 Å². The van der Waals surface area contributed by atoms with Gasteiger partial charge < -0.3 is 4.98 Å². The van der Waals surface area contributed by atoms with Gasteiger partial charge in [0.25, 0.3) is 0 Å². The number of hydrogen-bond donors (Lipinski definition) is 1. The molecule has 0 atom stereocenters. The summed E-state index contributed by atoms with van der Waals surface area (Å²) in [6.45, 7) is 0. The zero-order chi connectivity index (χ0) is 10.8. The van der Waals surface area contributed by atoms with Crippen LogP contribution in [-0.2, 0) is 0 Å². The monoisotopic (exact) mass is 225 g/mol. The summed E-state index contributed by atoms with van der Waals surface area (Å²) in [6.07, 6.45) is 2.06. The van der Waals surface area contributed by atoms with Gasteiger partial charge in [-0.1, -0.05) is 36.4 Å². The van der Waals surface area contributed by atoms with Crippen LogP contribution in [0, 0.1) is 0 Å². The molecule has 1 N–H and O–H groups in total. The Kier molecular flexibility index (Phi) is 2.35. The van der Waals surface area contributed by atoms with E-state index in [1.807, 2.05) is 6.07 Å². The first kappa shape index (κ1) is 9.43. The van der Waals surface area contributed by atoms with Gasteiger partial charge in [-0.25, -0.2) is 0 Å². The predicted molar refractivity (Wildman–Crippen MR) is 69.5 cm³/mol. The van der Waals surface area contributed by atoms with Crippen LogP contribution in [0.25, 0.3) is 21.7 Å². The lowest BCUT2D eigenvalue weighted by atomic mass is 10.1. The van der Waals surface area contributed by atoms with Crippen LogP contribution < -0.4 is 0 Å². The van der Waals surface area contributed by atoms with Crippen LogP contribution >= 0.6 is 11.3 Å². The summed E-state index contributed by atoms with van der Waals surface area (Å²) >= 11 is 1.75. The maximum atomic E-state index is 3.32. The molecule has 2 heterocycles. The average Bonchev–Trinajstić information content (AvgIpc) is 3.01. The molecule has 0 spiro atoms. The molecule has 1 nitrogen and oxygen atoms in total. The molecule has 3 rings (SSSR count). The van der Waals surface area contributed by atoms with Crippen LogP contribution in [0.2, 0.25) is 0 Å². The van der Waals surface area contributed by atoms with Crippen LogP contribution in [0.1, 0.15) is 0 Å². The largest absolute Gasteiger partial charge is 0.360 e. The fourth-order valence-electron chi connectivity index (χ4n) is 1.77. The lowest BCUT2D eigenvalue weighted by molar-refractivity contribution is 1.42. The van der Waals surface area contributed by atoms with Crippen LogP contribution in [0.15, 0.2) is 60.1 Å². The van der Waals surface area contributed by atoms with E-state index in [1.165, 1.54) is 21.7 Å². The number of aromatic amines is 1. The average molecular weight is 225 g/mol. The van der Waals surface area contributed by atoms with E-state index in [4.69, 9.17) is 0 Å². The van der Waals surface area contributed by atoms with Gasteiger partial charge in [0.2, 0.25) is 0 Å². The number of thiophene rings is 1. The first-order chi connectivity index (χ1) is 7.93. The molecule has 1 aromatic carbocycles. The fraction of sp³-hybridized carbons (Fsp3) is 0. The summed E-state index contributed by atoms with van der Waals surface area (Å²) in [6, 6.07) is 16.8. The Bertz CT molecular complexity index is 564. The van der Waals surface area contributed by atoms with Crippen LogP contribution in [0.5, 0.6) is 0 Å². The van der Waals surface area contributed by atoms with Gasteiger partial charge in [-0.05, 0) is 28.6 Å². The number of hydrogen-bond acceptors (Lipinski definition) is 1. The van der Waals surface area contributed by atoms with Crippen molar-refractivity contribution in [3.05, 3.63) is 60.1 Å². The smallest absolute Gasteiger partial charge is 0.0561 e. The number of H-pyrrole nitrogens is 1. The van der Waals surface area contributed by atoms with Crippen molar-refractivity contribution >= 4 is 11.3 Å². The van der Waals surface area contributed by atoms with E-state index in [-0.39, 0.29) is 0 Å². The van der Waals surface area contributed by atoms with E-state index in [0.717, 1.165) is 0 Å². The van der Waals surface area contributed by atoms with E-state index < -0.39 is 0 Å². The van der Waals surface area contributed by atoms with Gasteiger partial charge in [0, 0.05) is 6.20 Å². The minimum atomic E-state index is 1.19. The van der Waals surface area contributed by atoms with Crippen molar-refractivity contribution in [2.45, 2.75) is 0 Å². The Balaban J connectivity index is 2.00.